The van der Waals surface area contributed by atoms with Crippen molar-refractivity contribution in [3.05, 3.63) is 78.4 Å². The van der Waals surface area contributed by atoms with Gasteiger partial charge < -0.3 is 9.64 Å². The van der Waals surface area contributed by atoms with Crippen LogP contribution in [0.4, 0.5) is 5.69 Å². The van der Waals surface area contributed by atoms with Gasteiger partial charge in [-0.2, -0.15) is 0 Å². The van der Waals surface area contributed by atoms with Crippen molar-refractivity contribution in [2.45, 2.75) is 12.5 Å². The van der Waals surface area contributed by atoms with E-state index in [1.54, 1.807) is 7.11 Å². The summed E-state index contributed by atoms with van der Waals surface area (Å²) in [4.78, 5) is 2.39. The Morgan fingerprint density at radius 3 is 2.50 bits per heavy atom. The molecule has 1 heterocycles. The summed E-state index contributed by atoms with van der Waals surface area (Å²) in [6.07, 6.45) is 5.48. The lowest BCUT2D eigenvalue weighted by Gasteiger charge is -2.24. The van der Waals surface area contributed by atoms with Gasteiger partial charge in [-0.3, -0.25) is 0 Å². The SMILES string of the molecule is C=C1CC(/C=C/c2ccccc2)N(c2ccc(OC)cc2)C1. The standard InChI is InChI=1S/C20H21NO/c1-16-14-19(9-8-17-6-4-3-5-7-17)21(15-16)18-10-12-20(22-2)13-11-18/h3-13,19H,1,14-15H2,2H3/b9-8+. The number of hydrogen-bond donors (Lipinski definition) is 0. The number of anilines is 1. The normalized spacial score (nSPS) is 18.1. The molecule has 22 heavy (non-hydrogen) atoms. The maximum atomic E-state index is 5.24. The Hall–Kier alpha value is -2.48. The fraction of sp³-hybridized carbons (Fsp3) is 0.200. The molecule has 1 aliphatic heterocycles. The van der Waals surface area contributed by atoms with Crippen LogP contribution in [0.2, 0.25) is 0 Å². The smallest absolute Gasteiger partial charge is 0.119 e. The monoisotopic (exact) mass is 291 g/mol. The lowest BCUT2D eigenvalue weighted by molar-refractivity contribution is 0.415. The van der Waals surface area contributed by atoms with Gasteiger partial charge in [0.1, 0.15) is 5.75 Å². The van der Waals surface area contributed by atoms with Crippen LogP contribution < -0.4 is 9.64 Å². The molecule has 0 aromatic heterocycles. The van der Waals surface area contributed by atoms with Crippen molar-refractivity contribution in [2.75, 3.05) is 18.6 Å². The number of ether oxygens (including phenoxy) is 1. The Kier molecular flexibility index (Phi) is 4.29. The number of methoxy groups -OCH3 is 1. The fourth-order valence-electron chi connectivity index (χ4n) is 2.84. The summed E-state index contributed by atoms with van der Waals surface area (Å²) in [6, 6.07) is 19.0. The van der Waals surface area contributed by atoms with E-state index in [4.69, 9.17) is 4.74 Å². The molecule has 3 rings (SSSR count). The first-order valence-corrected chi connectivity index (χ1v) is 7.57. The highest BCUT2D eigenvalue weighted by molar-refractivity contribution is 5.57. The third-order valence-electron chi connectivity index (χ3n) is 4.01. The van der Waals surface area contributed by atoms with Gasteiger partial charge in [-0.25, -0.2) is 0 Å². The summed E-state index contributed by atoms with van der Waals surface area (Å²) in [5, 5.41) is 0. The predicted octanol–water partition coefficient (Wildman–Crippen LogP) is 4.54. The van der Waals surface area contributed by atoms with E-state index in [9.17, 15) is 0 Å². The van der Waals surface area contributed by atoms with Gasteiger partial charge in [0.25, 0.3) is 0 Å². The van der Waals surface area contributed by atoms with Crippen LogP contribution in [-0.4, -0.2) is 19.7 Å². The number of rotatable bonds is 4. The zero-order chi connectivity index (χ0) is 15.4. The average Bonchev–Trinajstić information content (AvgIpc) is 2.95. The van der Waals surface area contributed by atoms with E-state index in [0.717, 1.165) is 18.7 Å². The Labute approximate surface area is 132 Å². The van der Waals surface area contributed by atoms with Crippen molar-refractivity contribution in [3.63, 3.8) is 0 Å². The second-order valence-corrected chi connectivity index (χ2v) is 5.62. The summed E-state index contributed by atoms with van der Waals surface area (Å²) >= 11 is 0. The molecule has 112 valence electrons. The lowest BCUT2D eigenvalue weighted by atomic mass is 10.1. The van der Waals surface area contributed by atoms with Crippen LogP contribution in [0.1, 0.15) is 12.0 Å². The van der Waals surface area contributed by atoms with E-state index in [-0.39, 0.29) is 0 Å². The quantitative estimate of drug-likeness (QED) is 0.767. The largest absolute Gasteiger partial charge is 0.497 e. The van der Waals surface area contributed by atoms with Gasteiger partial charge in [-0.05, 0) is 36.2 Å². The minimum absolute atomic E-state index is 0.362. The van der Waals surface area contributed by atoms with Crippen molar-refractivity contribution < 1.29 is 4.74 Å². The Bertz CT molecular complexity index is 658. The van der Waals surface area contributed by atoms with Crippen molar-refractivity contribution in [3.8, 4) is 5.75 Å². The minimum atomic E-state index is 0.362. The molecule has 0 radical (unpaired) electrons. The maximum Gasteiger partial charge on any atom is 0.119 e. The van der Waals surface area contributed by atoms with Gasteiger partial charge in [0.05, 0.1) is 13.2 Å². The van der Waals surface area contributed by atoms with Crippen molar-refractivity contribution in [1.29, 1.82) is 0 Å². The van der Waals surface area contributed by atoms with Crippen LogP contribution in [0.25, 0.3) is 6.08 Å². The second kappa shape index (κ2) is 6.52. The molecule has 0 spiro atoms. The lowest BCUT2D eigenvalue weighted by Crippen LogP contribution is -2.27. The first-order valence-electron chi connectivity index (χ1n) is 7.57. The first kappa shape index (κ1) is 14.5. The molecule has 1 saturated heterocycles. The van der Waals surface area contributed by atoms with E-state index < -0.39 is 0 Å². The molecule has 0 amide bonds. The highest BCUT2D eigenvalue weighted by Gasteiger charge is 2.25. The number of nitrogens with zero attached hydrogens (tertiary/aromatic N) is 1. The van der Waals surface area contributed by atoms with Gasteiger partial charge >= 0.3 is 0 Å². The van der Waals surface area contributed by atoms with Crippen LogP contribution in [0, 0.1) is 0 Å². The van der Waals surface area contributed by atoms with E-state index in [2.05, 4.69) is 60.0 Å². The molecule has 2 heteroatoms. The Morgan fingerprint density at radius 1 is 1.09 bits per heavy atom. The van der Waals surface area contributed by atoms with Crippen molar-refractivity contribution >= 4 is 11.8 Å². The predicted molar refractivity (Wildman–Crippen MR) is 93.4 cm³/mol. The highest BCUT2D eigenvalue weighted by Crippen LogP contribution is 2.30. The van der Waals surface area contributed by atoms with Crippen LogP contribution in [0.3, 0.4) is 0 Å². The van der Waals surface area contributed by atoms with Gasteiger partial charge in [0.2, 0.25) is 0 Å². The van der Waals surface area contributed by atoms with E-state index in [0.29, 0.717) is 6.04 Å². The minimum Gasteiger partial charge on any atom is -0.497 e. The highest BCUT2D eigenvalue weighted by atomic mass is 16.5. The van der Waals surface area contributed by atoms with Gasteiger partial charge in [-0.15, -0.1) is 0 Å². The molecule has 0 N–H and O–H groups in total. The van der Waals surface area contributed by atoms with Gasteiger partial charge in [-0.1, -0.05) is 54.6 Å². The van der Waals surface area contributed by atoms with E-state index in [1.807, 2.05) is 18.2 Å². The molecule has 0 saturated carbocycles. The average molecular weight is 291 g/mol. The molecule has 1 atom stereocenters. The van der Waals surface area contributed by atoms with Crippen molar-refractivity contribution in [1.82, 2.24) is 0 Å². The first-order chi connectivity index (χ1) is 10.8. The summed E-state index contributed by atoms with van der Waals surface area (Å²) in [7, 11) is 1.69. The zero-order valence-electron chi connectivity index (χ0n) is 12.9. The van der Waals surface area contributed by atoms with Gasteiger partial charge in [0, 0.05) is 12.2 Å². The summed E-state index contributed by atoms with van der Waals surface area (Å²) in [5.41, 5.74) is 3.72. The number of benzene rings is 2. The van der Waals surface area contributed by atoms with Gasteiger partial charge in [0.15, 0.2) is 0 Å². The molecule has 2 aromatic carbocycles. The molecular weight excluding hydrogens is 270 g/mol. The molecule has 1 unspecified atom stereocenters. The summed E-state index contributed by atoms with van der Waals surface area (Å²) in [6.45, 7) is 5.08. The topological polar surface area (TPSA) is 12.5 Å². The third kappa shape index (κ3) is 3.22. The molecule has 1 aliphatic rings. The van der Waals surface area contributed by atoms with Crippen LogP contribution in [0.5, 0.6) is 5.75 Å². The second-order valence-electron chi connectivity index (χ2n) is 5.62. The van der Waals surface area contributed by atoms with E-state index >= 15 is 0 Å². The summed E-state index contributed by atoms with van der Waals surface area (Å²) < 4.78 is 5.24. The fourth-order valence-corrected chi connectivity index (χ4v) is 2.84. The molecule has 1 fully saturated rings. The molecule has 0 aliphatic carbocycles. The molecular formula is C20H21NO. The Morgan fingerprint density at radius 2 is 1.82 bits per heavy atom. The zero-order valence-corrected chi connectivity index (χ0v) is 12.9. The molecule has 2 nitrogen and oxygen atoms in total. The van der Waals surface area contributed by atoms with Crippen LogP contribution in [0.15, 0.2) is 72.8 Å². The van der Waals surface area contributed by atoms with E-state index in [1.165, 1.54) is 16.8 Å². The molecule has 0 bridgehead atoms. The summed E-state index contributed by atoms with van der Waals surface area (Å²) in [5.74, 6) is 0.887. The number of hydrogen-bond acceptors (Lipinski definition) is 2. The maximum absolute atomic E-state index is 5.24. The van der Waals surface area contributed by atoms with Crippen LogP contribution in [-0.2, 0) is 0 Å². The third-order valence-corrected chi connectivity index (χ3v) is 4.01. The van der Waals surface area contributed by atoms with Crippen molar-refractivity contribution in [2.24, 2.45) is 0 Å². The Balaban J connectivity index is 1.79. The molecule has 2 aromatic rings. The van der Waals surface area contributed by atoms with Crippen LogP contribution >= 0.6 is 0 Å².